The van der Waals surface area contributed by atoms with Gasteiger partial charge in [-0.15, -0.1) is 0 Å². The van der Waals surface area contributed by atoms with Crippen LogP contribution in [0.1, 0.15) is 141 Å². The molecule has 0 radical (unpaired) electrons. The van der Waals surface area contributed by atoms with Gasteiger partial charge in [-0.2, -0.15) is 0 Å². The van der Waals surface area contributed by atoms with Gasteiger partial charge in [0, 0.05) is 84.1 Å². The van der Waals surface area contributed by atoms with Gasteiger partial charge in [0.15, 0.2) is 24.5 Å². The van der Waals surface area contributed by atoms with E-state index in [1.54, 1.807) is 25.3 Å². The van der Waals surface area contributed by atoms with Crippen molar-refractivity contribution in [2.75, 3.05) is 179 Å². The predicted octanol–water partition coefficient (Wildman–Crippen LogP) is 2.25. The number of imidazole rings is 1. The first-order valence-electron chi connectivity index (χ1n) is 43.3. The van der Waals surface area contributed by atoms with Crippen molar-refractivity contribution in [3.63, 3.8) is 0 Å². The Balaban J connectivity index is 0.991. The number of rotatable bonds is 75. The molecule has 0 saturated carbocycles. The van der Waals surface area contributed by atoms with E-state index in [0.29, 0.717) is 93.9 Å². The average Bonchev–Trinajstić information content (AvgIpc) is 1.10. The van der Waals surface area contributed by atoms with Crippen molar-refractivity contribution in [3.8, 4) is 0 Å². The second-order valence-corrected chi connectivity index (χ2v) is 40.2. The van der Waals surface area contributed by atoms with E-state index < -0.39 is 235 Å². The van der Waals surface area contributed by atoms with Crippen LogP contribution in [0.3, 0.4) is 0 Å². The summed E-state index contributed by atoms with van der Waals surface area (Å²) in [6, 6.07) is -1.07. The molecule has 4 aliphatic heterocycles. The third-order valence-electron chi connectivity index (χ3n) is 20.9. The van der Waals surface area contributed by atoms with Crippen molar-refractivity contribution < 1.29 is 219 Å². The largest absolute Gasteiger partial charge is 0.472 e. The summed E-state index contributed by atoms with van der Waals surface area (Å²) in [7, 11) is -27.3. The van der Waals surface area contributed by atoms with Gasteiger partial charge in [-0.05, 0) is 77.6 Å². The molecule has 0 aliphatic carbocycles. The number of nitrogens with zero attached hydrogens (tertiary/aromatic N) is 4. The summed E-state index contributed by atoms with van der Waals surface area (Å²) in [5, 5.41) is 99.8. The summed E-state index contributed by atoms with van der Waals surface area (Å²) in [4.78, 5) is 76.0. The Labute approximate surface area is 754 Å². The molecule has 762 valence electrons. The van der Waals surface area contributed by atoms with Crippen molar-refractivity contribution in [2.45, 2.75) is 240 Å². The number of fused-ring (bicyclic) bond motifs is 1. The Morgan fingerprint density at radius 2 is 0.815 bits per heavy atom. The summed E-state index contributed by atoms with van der Waals surface area (Å²) in [5.41, 5.74) is 5.48. The zero-order chi connectivity index (χ0) is 95.4. The molecular weight excluding hydrogens is 1870 g/mol. The Bertz CT molecular complexity index is 3630. The zero-order valence-corrected chi connectivity index (χ0v) is 79.1. The van der Waals surface area contributed by atoms with Crippen molar-refractivity contribution in [1.29, 1.82) is 0 Å². The van der Waals surface area contributed by atoms with E-state index >= 15 is 0 Å². The molecule has 14 unspecified atom stereocenters. The molecule has 2 aromatic heterocycles. The monoisotopic (exact) mass is 2010 g/mol. The van der Waals surface area contributed by atoms with E-state index in [-0.39, 0.29) is 144 Å². The summed E-state index contributed by atoms with van der Waals surface area (Å²) < 4.78 is 211. The van der Waals surface area contributed by atoms with Gasteiger partial charge in [0.25, 0.3) is 0 Å². The SMILES string of the molecule is COP(=O)(O)OC[C@H]1O[C@@H](n2cnc3c(C)ncnc32)C[C@@H]1OP(=O)(O)OCCCOCC(CO)COCCCOP(=O)(O)OCC(COCCCOP(=O)(O)OCCCCCCO[C@@H]1OC(CO)[C@H](O)C(O)[C@@H]1C)(COCCCOP(=O)(O)OCCCCCCO[C@@H]1OC(CO)[C@H](O)C(O)[C@@H]1N)OCCCOP(=O)(O)OCCCCCCO[C@@H]1OC(CO)[C@H](O)[C@H](O)C1C. The second-order valence-electron chi connectivity index (χ2n) is 31.4. The van der Waals surface area contributed by atoms with Crippen LogP contribution in [0.4, 0.5) is 0 Å². The molecule has 26 atom stereocenters. The lowest BCUT2D eigenvalue weighted by Crippen LogP contribution is -2.62. The van der Waals surface area contributed by atoms with Crippen molar-refractivity contribution in [1.82, 2.24) is 19.5 Å². The fourth-order valence-electron chi connectivity index (χ4n) is 13.3. The highest BCUT2D eigenvalue weighted by Crippen LogP contribution is 2.52. The summed E-state index contributed by atoms with van der Waals surface area (Å²) in [6.07, 6.45) is -8.36. The lowest BCUT2D eigenvalue weighted by Gasteiger charge is -2.40. The Morgan fingerprint density at radius 1 is 0.431 bits per heavy atom. The van der Waals surface area contributed by atoms with Gasteiger partial charge >= 0.3 is 46.9 Å². The van der Waals surface area contributed by atoms with Crippen LogP contribution in [-0.4, -0.2) is 376 Å². The molecule has 6 rings (SSSR count). The number of aryl methyl sites for hydroxylation is 1. The Morgan fingerprint density at radius 3 is 1.25 bits per heavy atom. The fourth-order valence-corrected chi connectivity index (χ4v) is 17.9. The standard InChI is InChI=1S/C73H139N5O46P6/c1-51-63(83)65(85)56(40-80)121-70(51)106-26-11-5-8-14-30-110-126(91,92)113-34-19-24-104-46-73(109-29-21-37-115-128(95,96)112-32-15-9-6-12-27-107-71-52(2)64(84)66(86)57(41-81)122-71,47-105-25-20-35-114-127(93,94)111-31-16-10-7-13-28-108-72-61(74)68(88)67(87)58(42-82)123-72)48-119-129(97,98)116-33-17-22-102-43-54(39-79)44-103-23-18-36-117-130(99,100)124-55-38-60(120-59(55)45-118-125(89,90)101-4)78-50-77-62-53(3)75-49-76-69(62)78/h49-52,54-61,63-68,70-72,79-88H,5-48,74H2,1-4H3,(H,89,90)(H,91,92)(H,93,94)(H,95,96)(H,97,98)(H,99,100)/t51-,52?,54?,55-,56?,57?,58?,59+,60+,61-,63?,64+,65-,66-,67-,68?,70+,71+,72+,73?/m0/s1. The van der Waals surface area contributed by atoms with Gasteiger partial charge in [0.1, 0.15) is 78.6 Å². The number of nitrogens with two attached hydrogens (primary N) is 1. The summed E-state index contributed by atoms with van der Waals surface area (Å²) in [6.45, 7) is -2.41. The molecule has 6 heterocycles. The number of phosphoric ester groups is 6. The molecular formula is C73H139N5O46P6. The molecule has 4 fully saturated rings. The highest BCUT2D eigenvalue weighted by atomic mass is 31.2. The number of hydrogen-bond acceptors (Lipinski definition) is 44. The zero-order valence-electron chi connectivity index (χ0n) is 73.7. The maximum Gasteiger partial charge on any atom is 0.472 e. The first-order valence-corrected chi connectivity index (χ1v) is 52.3. The molecule has 0 aromatic carbocycles. The van der Waals surface area contributed by atoms with Crippen LogP contribution in [0.2, 0.25) is 0 Å². The highest BCUT2D eigenvalue weighted by molar-refractivity contribution is 7.48. The van der Waals surface area contributed by atoms with Crippen LogP contribution < -0.4 is 5.73 Å². The minimum absolute atomic E-state index is 0.00656. The van der Waals surface area contributed by atoms with Crippen molar-refractivity contribution in [2.24, 2.45) is 23.5 Å². The van der Waals surface area contributed by atoms with Crippen molar-refractivity contribution >= 4 is 58.1 Å². The van der Waals surface area contributed by atoms with E-state index in [9.17, 15) is 108 Å². The van der Waals surface area contributed by atoms with Crippen molar-refractivity contribution in [3.05, 3.63) is 18.3 Å². The molecule has 57 heteroatoms. The second kappa shape index (κ2) is 61.1. The number of unbranched alkanes of at least 4 members (excludes halogenated alkanes) is 9. The third kappa shape index (κ3) is 43.2. The number of aromatic nitrogens is 4. The molecule has 4 aliphatic rings. The number of phosphoric acid groups is 6. The van der Waals surface area contributed by atoms with E-state index in [0.717, 1.165) is 7.11 Å². The normalized spacial score (nSPS) is 28.7. The fraction of sp³-hybridized carbons (Fsp3) is 0.932. The molecule has 51 nitrogen and oxygen atoms in total. The van der Waals surface area contributed by atoms with Crippen LogP contribution in [-0.2, 0) is 139 Å². The van der Waals surface area contributed by atoms with Crippen LogP contribution in [0.15, 0.2) is 12.7 Å². The number of hydrogen-bond donors (Lipinski definition) is 17. The van der Waals surface area contributed by atoms with Gasteiger partial charge in [0.2, 0.25) is 0 Å². The van der Waals surface area contributed by atoms with E-state index in [2.05, 4.69) is 19.5 Å². The molecule has 0 bridgehead atoms. The van der Waals surface area contributed by atoms with E-state index in [1.807, 2.05) is 0 Å². The smallest absolute Gasteiger partial charge is 0.396 e. The Hall–Kier alpha value is -1.71. The molecule has 2 aromatic rings. The predicted molar refractivity (Wildman–Crippen MR) is 447 cm³/mol. The first-order chi connectivity index (χ1) is 61.8. The van der Waals surface area contributed by atoms with Crippen LogP contribution in [0.25, 0.3) is 11.2 Å². The summed E-state index contributed by atoms with van der Waals surface area (Å²) in [5.74, 6) is -1.74. The minimum Gasteiger partial charge on any atom is -0.396 e. The summed E-state index contributed by atoms with van der Waals surface area (Å²) >= 11 is 0. The van der Waals surface area contributed by atoms with Crippen LogP contribution in [0, 0.1) is 24.7 Å². The lowest BCUT2D eigenvalue weighted by atomic mass is 9.92. The minimum atomic E-state index is -5.04. The molecule has 18 N–H and O–H groups in total. The quantitative estimate of drug-likeness (QED) is 0.0333. The maximum atomic E-state index is 13.7. The Kier molecular flexibility index (Phi) is 55.0. The van der Waals surface area contributed by atoms with Gasteiger partial charge in [-0.25, -0.2) is 42.3 Å². The maximum absolute atomic E-state index is 13.7. The van der Waals surface area contributed by atoms with Gasteiger partial charge < -0.3 is 143 Å². The van der Waals surface area contributed by atoms with Gasteiger partial charge in [-0.3, -0.25) is 58.9 Å². The van der Waals surface area contributed by atoms with E-state index in [4.69, 9.17) is 112 Å². The molecule has 4 saturated heterocycles. The highest BCUT2D eigenvalue weighted by Gasteiger charge is 2.48. The topological polar surface area (TPSA) is 717 Å². The van der Waals surface area contributed by atoms with Crippen LogP contribution in [0.5, 0.6) is 0 Å². The molecule has 0 amide bonds. The average molecular weight is 2010 g/mol. The molecule has 0 spiro atoms. The van der Waals surface area contributed by atoms with Crippen LogP contribution >= 0.6 is 46.9 Å². The molecule has 130 heavy (non-hydrogen) atoms. The number of aliphatic hydroxyl groups excluding tert-OH is 10. The first kappa shape index (κ1) is 117. The number of aliphatic hydroxyl groups is 10. The van der Waals surface area contributed by atoms with Gasteiger partial charge in [0.05, 0.1) is 149 Å². The third-order valence-corrected chi connectivity index (χ3v) is 26.9. The lowest BCUT2D eigenvalue weighted by molar-refractivity contribution is -0.282. The van der Waals surface area contributed by atoms with Gasteiger partial charge in [-0.1, -0.05) is 52.4 Å². The van der Waals surface area contributed by atoms with E-state index in [1.165, 1.54) is 12.7 Å². The number of ether oxygens (including phenoxy) is 12.